The average molecular weight is 285 g/mol. The van der Waals surface area contributed by atoms with Crippen LogP contribution in [0.2, 0.25) is 5.02 Å². The fourth-order valence-electron chi connectivity index (χ4n) is 2.41. The van der Waals surface area contributed by atoms with Crippen LogP contribution >= 0.6 is 11.6 Å². The molecule has 2 N–H and O–H groups in total. The summed E-state index contributed by atoms with van der Waals surface area (Å²) >= 11 is 5.92. The fourth-order valence-corrected chi connectivity index (χ4v) is 2.54. The van der Waals surface area contributed by atoms with E-state index in [4.69, 9.17) is 11.6 Å². The minimum atomic E-state index is 0.293. The molecule has 0 amide bonds. The van der Waals surface area contributed by atoms with Gasteiger partial charge in [-0.05, 0) is 36.2 Å². The summed E-state index contributed by atoms with van der Waals surface area (Å²) in [4.78, 5) is 3.30. The van der Waals surface area contributed by atoms with Crippen LogP contribution < -0.4 is 5.32 Å². The third-order valence-electron chi connectivity index (χ3n) is 3.64. The smallest absolute Gasteiger partial charge is 0.0457 e. The molecule has 0 aliphatic heterocycles. The van der Waals surface area contributed by atoms with Crippen molar-refractivity contribution in [3.8, 4) is 0 Å². The van der Waals surface area contributed by atoms with E-state index in [9.17, 15) is 0 Å². The van der Waals surface area contributed by atoms with Gasteiger partial charge in [0.25, 0.3) is 0 Å². The Hall–Kier alpha value is -1.77. The van der Waals surface area contributed by atoms with Crippen LogP contribution in [0.1, 0.15) is 24.1 Å². The predicted octanol–water partition coefficient (Wildman–Crippen LogP) is 4.67. The molecule has 1 atom stereocenters. The molecule has 0 spiro atoms. The number of nitrogens with one attached hydrogen (secondary N) is 2. The van der Waals surface area contributed by atoms with Crippen molar-refractivity contribution in [1.82, 2.24) is 10.3 Å². The first-order valence-corrected chi connectivity index (χ1v) is 7.15. The predicted molar refractivity (Wildman–Crippen MR) is 85.0 cm³/mol. The number of aromatic nitrogens is 1. The second-order valence-electron chi connectivity index (χ2n) is 5.01. The molecular weight excluding hydrogens is 268 g/mol. The normalized spacial score (nSPS) is 12.7. The van der Waals surface area contributed by atoms with Crippen molar-refractivity contribution in [1.29, 1.82) is 0 Å². The highest BCUT2D eigenvalue weighted by atomic mass is 35.5. The van der Waals surface area contributed by atoms with E-state index in [0.29, 0.717) is 6.04 Å². The summed E-state index contributed by atoms with van der Waals surface area (Å²) in [6, 6.07) is 16.7. The van der Waals surface area contributed by atoms with Gasteiger partial charge in [-0.1, -0.05) is 41.9 Å². The van der Waals surface area contributed by atoms with Gasteiger partial charge in [0.05, 0.1) is 0 Å². The van der Waals surface area contributed by atoms with E-state index in [-0.39, 0.29) is 0 Å². The summed E-state index contributed by atoms with van der Waals surface area (Å²) in [6.07, 6.45) is 2.08. The maximum Gasteiger partial charge on any atom is 0.0457 e. The van der Waals surface area contributed by atoms with Gasteiger partial charge in [0.15, 0.2) is 0 Å². The molecule has 0 saturated heterocycles. The molecule has 1 aromatic heterocycles. The number of para-hydroxylation sites is 1. The molecule has 0 bridgehead atoms. The summed E-state index contributed by atoms with van der Waals surface area (Å²) in [5.74, 6) is 0. The summed E-state index contributed by atoms with van der Waals surface area (Å²) < 4.78 is 0. The second-order valence-corrected chi connectivity index (χ2v) is 5.45. The van der Waals surface area contributed by atoms with E-state index >= 15 is 0 Å². The van der Waals surface area contributed by atoms with Gasteiger partial charge < -0.3 is 10.3 Å². The molecule has 3 heteroatoms. The van der Waals surface area contributed by atoms with Gasteiger partial charge >= 0.3 is 0 Å². The Balaban J connectivity index is 1.71. The van der Waals surface area contributed by atoms with Crippen LogP contribution in [0.4, 0.5) is 0 Å². The summed E-state index contributed by atoms with van der Waals surface area (Å²) in [7, 11) is 0. The number of rotatable bonds is 4. The first-order valence-electron chi connectivity index (χ1n) is 6.78. The van der Waals surface area contributed by atoms with Crippen molar-refractivity contribution >= 4 is 22.5 Å². The SMILES string of the molecule is CC(NCc1c[nH]c2ccccc12)c1ccc(Cl)cc1. The number of aromatic amines is 1. The van der Waals surface area contributed by atoms with Crippen molar-refractivity contribution in [3.63, 3.8) is 0 Å². The molecule has 0 fully saturated rings. The highest BCUT2D eigenvalue weighted by molar-refractivity contribution is 6.30. The Morgan fingerprint density at radius 1 is 1.10 bits per heavy atom. The van der Waals surface area contributed by atoms with E-state index < -0.39 is 0 Å². The maximum atomic E-state index is 5.92. The van der Waals surface area contributed by atoms with Gasteiger partial charge in [0, 0.05) is 34.7 Å². The number of hydrogen-bond acceptors (Lipinski definition) is 1. The zero-order chi connectivity index (χ0) is 13.9. The fraction of sp³-hybridized carbons (Fsp3) is 0.176. The molecule has 1 heterocycles. The van der Waals surface area contributed by atoms with Crippen molar-refractivity contribution in [2.45, 2.75) is 19.5 Å². The summed E-state index contributed by atoms with van der Waals surface area (Å²) in [5.41, 5.74) is 3.72. The largest absolute Gasteiger partial charge is 0.361 e. The number of benzene rings is 2. The highest BCUT2D eigenvalue weighted by Crippen LogP contribution is 2.20. The van der Waals surface area contributed by atoms with Crippen molar-refractivity contribution in [3.05, 3.63) is 70.9 Å². The Bertz CT molecular complexity index is 700. The molecular formula is C17H17ClN2. The monoisotopic (exact) mass is 284 g/mol. The number of H-pyrrole nitrogens is 1. The molecule has 3 aromatic rings. The minimum absolute atomic E-state index is 0.293. The zero-order valence-electron chi connectivity index (χ0n) is 11.4. The number of fused-ring (bicyclic) bond motifs is 1. The van der Waals surface area contributed by atoms with Gasteiger partial charge in [-0.25, -0.2) is 0 Å². The third-order valence-corrected chi connectivity index (χ3v) is 3.90. The van der Waals surface area contributed by atoms with Crippen LogP contribution in [0.5, 0.6) is 0 Å². The lowest BCUT2D eigenvalue weighted by atomic mass is 10.1. The van der Waals surface area contributed by atoms with E-state index in [0.717, 1.165) is 11.6 Å². The Labute approximate surface area is 123 Å². The Kier molecular flexibility index (Phi) is 3.77. The van der Waals surface area contributed by atoms with E-state index in [1.165, 1.54) is 22.0 Å². The summed E-state index contributed by atoms with van der Waals surface area (Å²) in [6.45, 7) is 3.01. The first-order chi connectivity index (χ1) is 9.74. The minimum Gasteiger partial charge on any atom is -0.361 e. The van der Waals surface area contributed by atoms with Gasteiger partial charge in [-0.3, -0.25) is 0 Å². The van der Waals surface area contributed by atoms with Gasteiger partial charge in [0.2, 0.25) is 0 Å². The number of halogens is 1. The molecule has 2 nitrogen and oxygen atoms in total. The molecule has 2 aromatic carbocycles. The van der Waals surface area contributed by atoms with Gasteiger partial charge in [-0.15, -0.1) is 0 Å². The quantitative estimate of drug-likeness (QED) is 0.716. The lowest BCUT2D eigenvalue weighted by Gasteiger charge is -2.14. The van der Waals surface area contributed by atoms with Crippen LogP contribution in [0, 0.1) is 0 Å². The van der Waals surface area contributed by atoms with E-state index in [1.54, 1.807) is 0 Å². The highest BCUT2D eigenvalue weighted by Gasteiger charge is 2.07. The van der Waals surface area contributed by atoms with Gasteiger partial charge in [-0.2, -0.15) is 0 Å². The molecule has 0 saturated carbocycles. The van der Waals surface area contributed by atoms with Crippen molar-refractivity contribution < 1.29 is 0 Å². The number of hydrogen-bond donors (Lipinski definition) is 2. The lowest BCUT2D eigenvalue weighted by molar-refractivity contribution is 0.576. The standard InChI is InChI=1S/C17H17ClN2/c1-12(13-6-8-15(18)9-7-13)19-10-14-11-20-17-5-3-2-4-16(14)17/h2-9,11-12,19-20H,10H2,1H3. The van der Waals surface area contributed by atoms with Gasteiger partial charge in [0.1, 0.15) is 0 Å². The Morgan fingerprint density at radius 2 is 1.85 bits per heavy atom. The van der Waals surface area contributed by atoms with Crippen molar-refractivity contribution in [2.24, 2.45) is 0 Å². The molecule has 1 unspecified atom stereocenters. The molecule has 0 aliphatic carbocycles. The molecule has 0 radical (unpaired) electrons. The third kappa shape index (κ3) is 2.72. The molecule has 20 heavy (non-hydrogen) atoms. The molecule has 0 aliphatic rings. The topological polar surface area (TPSA) is 27.8 Å². The zero-order valence-corrected chi connectivity index (χ0v) is 12.1. The van der Waals surface area contributed by atoms with Crippen molar-refractivity contribution in [2.75, 3.05) is 0 Å². The van der Waals surface area contributed by atoms with Crippen LogP contribution in [0.25, 0.3) is 10.9 Å². The molecule has 102 valence electrons. The van der Waals surface area contributed by atoms with Crippen LogP contribution in [-0.2, 0) is 6.54 Å². The first kappa shape index (κ1) is 13.2. The molecule has 3 rings (SSSR count). The van der Waals surface area contributed by atoms with E-state index in [1.807, 2.05) is 18.2 Å². The van der Waals surface area contributed by atoms with E-state index in [2.05, 4.69) is 53.8 Å². The van der Waals surface area contributed by atoms with Crippen LogP contribution in [-0.4, -0.2) is 4.98 Å². The summed E-state index contributed by atoms with van der Waals surface area (Å²) in [5, 5.41) is 5.61. The maximum absolute atomic E-state index is 5.92. The van der Waals surface area contributed by atoms with Crippen LogP contribution in [0.15, 0.2) is 54.7 Å². The Morgan fingerprint density at radius 3 is 2.65 bits per heavy atom. The second kappa shape index (κ2) is 5.70. The van der Waals surface area contributed by atoms with Crippen LogP contribution in [0.3, 0.4) is 0 Å². The lowest BCUT2D eigenvalue weighted by Crippen LogP contribution is -2.17. The average Bonchev–Trinajstić information content (AvgIpc) is 2.89.